The van der Waals surface area contributed by atoms with Gasteiger partial charge in [-0.2, -0.15) is 0 Å². The van der Waals surface area contributed by atoms with E-state index in [4.69, 9.17) is 16.3 Å². The maximum absolute atomic E-state index is 12.2. The fraction of sp³-hybridized carbons (Fsp3) is 0.929. The third-order valence-electron chi connectivity index (χ3n) is 4.15. The highest BCUT2D eigenvalue weighted by Gasteiger charge is 2.33. The van der Waals surface area contributed by atoms with Crippen molar-refractivity contribution in [3.05, 3.63) is 0 Å². The standard InChI is InChI=1S/C14H24ClNO2/c1-2-18-13-6-12(7-13)8-14(17)16-5-3-4-11(9-15)10-16/h11-13H,2-10H2,1H3. The minimum Gasteiger partial charge on any atom is -0.378 e. The van der Waals surface area contributed by atoms with Gasteiger partial charge in [-0.3, -0.25) is 4.79 Å². The molecule has 0 aromatic heterocycles. The third kappa shape index (κ3) is 3.61. The van der Waals surface area contributed by atoms with Crippen LogP contribution in [0.3, 0.4) is 0 Å². The summed E-state index contributed by atoms with van der Waals surface area (Å²) in [5, 5.41) is 0. The first-order valence-electron chi connectivity index (χ1n) is 7.18. The molecule has 0 N–H and O–H groups in total. The Kier molecular flexibility index (Phi) is 5.31. The lowest BCUT2D eigenvalue weighted by atomic mass is 9.79. The quantitative estimate of drug-likeness (QED) is 0.721. The van der Waals surface area contributed by atoms with Crippen LogP contribution in [-0.2, 0) is 9.53 Å². The van der Waals surface area contributed by atoms with Crippen LogP contribution in [0.5, 0.6) is 0 Å². The fourth-order valence-electron chi connectivity index (χ4n) is 3.01. The number of nitrogens with zero attached hydrogens (tertiary/aromatic N) is 1. The third-order valence-corrected chi connectivity index (χ3v) is 4.58. The molecule has 1 saturated heterocycles. The molecular formula is C14H24ClNO2. The van der Waals surface area contributed by atoms with Crippen molar-refractivity contribution in [3.63, 3.8) is 0 Å². The summed E-state index contributed by atoms with van der Waals surface area (Å²) in [6, 6.07) is 0. The van der Waals surface area contributed by atoms with Crippen LogP contribution < -0.4 is 0 Å². The molecule has 2 fully saturated rings. The molecule has 1 aliphatic carbocycles. The molecule has 18 heavy (non-hydrogen) atoms. The first kappa shape index (κ1) is 14.1. The number of amides is 1. The average Bonchev–Trinajstić information content (AvgIpc) is 2.36. The molecule has 0 aromatic carbocycles. The van der Waals surface area contributed by atoms with Crippen molar-refractivity contribution < 1.29 is 9.53 Å². The first-order valence-corrected chi connectivity index (χ1v) is 7.71. The predicted molar refractivity (Wildman–Crippen MR) is 72.8 cm³/mol. The van der Waals surface area contributed by atoms with Crippen LogP contribution in [0.2, 0.25) is 0 Å². The van der Waals surface area contributed by atoms with Gasteiger partial charge in [0.05, 0.1) is 6.10 Å². The van der Waals surface area contributed by atoms with Crippen molar-refractivity contribution in [2.75, 3.05) is 25.6 Å². The van der Waals surface area contributed by atoms with Crippen LogP contribution in [0.1, 0.15) is 39.0 Å². The summed E-state index contributed by atoms with van der Waals surface area (Å²) in [4.78, 5) is 14.2. The summed E-state index contributed by atoms with van der Waals surface area (Å²) in [7, 11) is 0. The number of carbonyl (C=O) groups is 1. The van der Waals surface area contributed by atoms with Crippen molar-refractivity contribution in [3.8, 4) is 0 Å². The van der Waals surface area contributed by atoms with E-state index in [-0.39, 0.29) is 0 Å². The fourth-order valence-corrected chi connectivity index (χ4v) is 3.26. The van der Waals surface area contributed by atoms with Gasteiger partial charge in [0.25, 0.3) is 0 Å². The number of piperidine rings is 1. The van der Waals surface area contributed by atoms with Crippen LogP contribution in [0, 0.1) is 11.8 Å². The van der Waals surface area contributed by atoms with E-state index in [2.05, 4.69) is 0 Å². The second-order valence-electron chi connectivity index (χ2n) is 5.62. The number of hydrogen-bond acceptors (Lipinski definition) is 2. The van der Waals surface area contributed by atoms with E-state index in [1.807, 2.05) is 11.8 Å². The largest absolute Gasteiger partial charge is 0.378 e. The molecule has 1 heterocycles. The molecule has 1 atom stereocenters. The lowest BCUT2D eigenvalue weighted by Crippen LogP contribution is -2.43. The molecule has 4 heteroatoms. The molecule has 2 rings (SSSR count). The first-order chi connectivity index (χ1) is 8.72. The second-order valence-corrected chi connectivity index (χ2v) is 5.93. The van der Waals surface area contributed by atoms with Crippen molar-refractivity contribution in [2.45, 2.75) is 45.1 Å². The molecule has 104 valence electrons. The van der Waals surface area contributed by atoms with Gasteiger partial charge < -0.3 is 9.64 Å². The number of ether oxygens (including phenoxy) is 1. The van der Waals surface area contributed by atoms with Gasteiger partial charge in [0.15, 0.2) is 0 Å². The van der Waals surface area contributed by atoms with Crippen LogP contribution in [0.25, 0.3) is 0 Å². The van der Waals surface area contributed by atoms with E-state index in [0.717, 1.165) is 39.0 Å². The normalized spacial score (nSPS) is 32.1. The minimum atomic E-state index is 0.324. The van der Waals surface area contributed by atoms with Crippen molar-refractivity contribution in [1.82, 2.24) is 4.90 Å². The molecule has 0 aromatic rings. The Morgan fingerprint density at radius 2 is 2.17 bits per heavy atom. The van der Waals surface area contributed by atoms with Crippen LogP contribution in [0.15, 0.2) is 0 Å². The maximum atomic E-state index is 12.2. The Balaban J connectivity index is 1.69. The van der Waals surface area contributed by atoms with Crippen LogP contribution in [-0.4, -0.2) is 42.5 Å². The van der Waals surface area contributed by atoms with Gasteiger partial charge in [0, 0.05) is 32.0 Å². The number of likely N-dealkylation sites (tertiary alicyclic amines) is 1. The maximum Gasteiger partial charge on any atom is 0.222 e. The van der Waals surface area contributed by atoms with E-state index < -0.39 is 0 Å². The summed E-state index contributed by atoms with van der Waals surface area (Å²) in [6.07, 6.45) is 5.51. The van der Waals surface area contributed by atoms with Gasteiger partial charge in [-0.15, -0.1) is 11.6 Å². The molecule has 1 unspecified atom stereocenters. The number of hydrogen-bond donors (Lipinski definition) is 0. The Morgan fingerprint density at radius 1 is 1.39 bits per heavy atom. The summed E-state index contributed by atoms with van der Waals surface area (Å²) in [5.41, 5.74) is 0. The lowest BCUT2D eigenvalue weighted by molar-refractivity contribution is -0.136. The van der Waals surface area contributed by atoms with Gasteiger partial charge in [0.1, 0.15) is 0 Å². The molecular weight excluding hydrogens is 250 g/mol. The van der Waals surface area contributed by atoms with E-state index in [0.29, 0.717) is 36.1 Å². The highest BCUT2D eigenvalue weighted by Crippen LogP contribution is 2.33. The molecule has 0 spiro atoms. The monoisotopic (exact) mass is 273 g/mol. The summed E-state index contributed by atoms with van der Waals surface area (Å²) < 4.78 is 5.53. The van der Waals surface area contributed by atoms with Gasteiger partial charge in [-0.1, -0.05) is 0 Å². The van der Waals surface area contributed by atoms with Crippen molar-refractivity contribution in [1.29, 1.82) is 0 Å². The summed E-state index contributed by atoms with van der Waals surface area (Å²) in [6.45, 7) is 4.60. The zero-order valence-electron chi connectivity index (χ0n) is 11.2. The number of halogens is 1. The highest BCUT2D eigenvalue weighted by molar-refractivity contribution is 6.18. The van der Waals surface area contributed by atoms with E-state index in [1.54, 1.807) is 0 Å². The van der Waals surface area contributed by atoms with Gasteiger partial charge in [-0.25, -0.2) is 0 Å². The predicted octanol–water partition coefficient (Wildman–Crippen LogP) is 2.67. The summed E-state index contributed by atoms with van der Waals surface area (Å²) in [5.74, 6) is 2.05. The Morgan fingerprint density at radius 3 is 2.83 bits per heavy atom. The highest BCUT2D eigenvalue weighted by atomic mass is 35.5. The zero-order chi connectivity index (χ0) is 13.0. The smallest absolute Gasteiger partial charge is 0.222 e. The Bertz CT molecular complexity index is 279. The van der Waals surface area contributed by atoms with Gasteiger partial charge in [0.2, 0.25) is 5.91 Å². The number of carbonyl (C=O) groups excluding carboxylic acids is 1. The number of rotatable bonds is 5. The number of alkyl halides is 1. The van der Waals surface area contributed by atoms with Crippen molar-refractivity contribution in [2.24, 2.45) is 11.8 Å². The molecule has 2 aliphatic rings. The Labute approximate surface area is 115 Å². The molecule has 0 radical (unpaired) electrons. The minimum absolute atomic E-state index is 0.324. The summed E-state index contributed by atoms with van der Waals surface area (Å²) >= 11 is 5.89. The van der Waals surface area contributed by atoms with Gasteiger partial charge >= 0.3 is 0 Å². The van der Waals surface area contributed by atoms with Gasteiger partial charge in [-0.05, 0) is 44.4 Å². The van der Waals surface area contributed by atoms with Crippen LogP contribution in [0.4, 0.5) is 0 Å². The zero-order valence-corrected chi connectivity index (χ0v) is 12.0. The second kappa shape index (κ2) is 6.76. The molecule has 0 bridgehead atoms. The molecule has 1 amide bonds. The lowest BCUT2D eigenvalue weighted by Gasteiger charge is -2.37. The molecule has 1 aliphatic heterocycles. The van der Waals surface area contributed by atoms with Crippen molar-refractivity contribution >= 4 is 17.5 Å². The molecule has 1 saturated carbocycles. The van der Waals surface area contributed by atoms with E-state index in [1.165, 1.54) is 6.42 Å². The Hall–Kier alpha value is -0.280. The SMILES string of the molecule is CCOC1CC(CC(=O)N2CCCC(CCl)C2)C1. The van der Waals surface area contributed by atoms with Crippen LogP contribution >= 0.6 is 11.6 Å². The van der Waals surface area contributed by atoms with E-state index >= 15 is 0 Å². The average molecular weight is 274 g/mol. The molecule has 3 nitrogen and oxygen atoms in total. The topological polar surface area (TPSA) is 29.5 Å². The van der Waals surface area contributed by atoms with E-state index in [9.17, 15) is 4.79 Å².